The van der Waals surface area contributed by atoms with E-state index < -0.39 is 0 Å². The SMILES string of the molecule is Nc1cc(Br)nc(OCCC2CC2)n1. The molecule has 1 aromatic rings. The molecular weight excluding hydrogens is 246 g/mol. The molecule has 0 saturated heterocycles. The molecule has 0 aromatic carbocycles. The van der Waals surface area contributed by atoms with E-state index in [-0.39, 0.29) is 0 Å². The lowest BCUT2D eigenvalue weighted by atomic mass is 10.3. The molecule has 0 aliphatic heterocycles. The Labute approximate surface area is 91.0 Å². The van der Waals surface area contributed by atoms with Gasteiger partial charge in [-0.2, -0.15) is 9.97 Å². The van der Waals surface area contributed by atoms with E-state index in [0.29, 0.717) is 23.0 Å². The fourth-order valence-corrected chi connectivity index (χ4v) is 1.59. The normalized spacial score (nSPS) is 15.5. The van der Waals surface area contributed by atoms with E-state index >= 15 is 0 Å². The van der Waals surface area contributed by atoms with E-state index in [0.717, 1.165) is 12.3 Å². The zero-order chi connectivity index (χ0) is 9.97. The second-order valence-corrected chi connectivity index (χ2v) is 4.29. The van der Waals surface area contributed by atoms with E-state index in [2.05, 4.69) is 25.9 Å². The first kappa shape index (κ1) is 9.71. The van der Waals surface area contributed by atoms with Crippen LogP contribution in [0.3, 0.4) is 0 Å². The summed E-state index contributed by atoms with van der Waals surface area (Å²) in [6.07, 6.45) is 3.77. The van der Waals surface area contributed by atoms with Crippen molar-refractivity contribution < 1.29 is 4.74 Å². The third-order valence-corrected chi connectivity index (χ3v) is 2.55. The van der Waals surface area contributed by atoms with Gasteiger partial charge < -0.3 is 10.5 Å². The standard InChI is InChI=1S/C9H12BrN3O/c10-7-5-8(11)13-9(12-7)14-4-3-6-1-2-6/h5-6H,1-4H2,(H2,11,12,13). The third-order valence-electron chi connectivity index (χ3n) is 2.15. The highest BCUT2D eigenvalue weighted by molar-refractivity contribution is 9.10. The Morgan fingerprint density at radius 2 is 2.29 bits per heavy atom. The van der Waals surface area contributed by atoms with Gasteiger partial charge in [0, 0.05) is 6.07 Å². The Balaban J connectivity index is 1.87. The lowest BCUT2D eigenvalue weighted by Gasteiger charge is -2.04. The van der Waals surface area contributed by atoms with Gasteiger partial charge >= 0.3 is 6.01 Å². The van der Waals surface area contributed by atoms with Crippen LogP contribution in [0.5, 0.6) is 6.01 Å². The van der Waals surface area contributed by atoms with Crippen molar-refractivity contribution in [3.8, 4) is 6.01 Å². The molecular formula is C9H12BrN3O. The van der Waals surface area contributed by atoms with Gasteiger partial charge in [-0.1, -0.05) is 12.8 Å². The zero-order valence-corrected chi connectivity index (χ0v) is 9.33. The predicted octanol–water partition coefficient (Wildman–Crippen LogP) is 2.00. The number of hydrogen-bond acceptors (Lipinski definition) is 4. The number of nitrogens with zero attached hydrogens (tertiary/aromatic N) is 2. The molecule has 1 saturated carbocycles. The minimum absolute atomic E-state index is 0.359. The first-order valence-corrected chi connectivity index (χ1v) is 5.46. The Morgan fingerprint density at radius 1 is 1.50 bits per heavy atom. The van der Waals surface area contributed by atoms with Crippen LogP contribution in [0.1, 0.15) is 19.3 Å². The molecule has 0 unspecified atom stereocenters. The topological polar surface area (TPSA) is 61.0 Å². The first-order chi connectivity index (χ1) is 6.74. The first-order valence-electron chi connectivity index (χ1n) is 4.67. The summed E-state index contributed by atoms with van der Waals surface area (Å²) >= 11 is 3.24. The van der Waals surface area contributed by atoms with Crippen LogP contribution in [-0.4, -0.2) is 16.6 Å². The molecule has 2 N–H and O–H groups in total. The fourth-order valence-electron chi connectivity index (χ4n) is 1.20. The average Bonchev–Trinajstić information content (AvgIpc) is 2.86. The van der Waals surface area contributed by atoms with E-state index in [1.54, 1.807) is 6.07 Å². The summed E-state index contributed by atoms with van der Waals surface area (Å²) in [6, 6.07) is 2.01. The lowest BCUT2D eigenvalue weighted by molar-refractivity contribution is 0.279. The summed E-state index contributed by atoms with van der Waals surface area (Å²) in [5.41, 5.74) is 5.54. The molecule has 0 radical (unpaired) electrons. The van der Waals surface area contributed by atoms with Gasteiger partial charge in [0.25, 0.3) is 0 Å². The molecule has 0 atom stereocenters. The number of aromatic nitrogens is 2. The van der Waals surface area contributed by atoms with Crippen molar-refractivity contribution in [2.24, 2.45) is 5.92 Å². The zero-order valence-electron chi connectivity index (χ0n) is 7.74. The lowest BCUT2D eigenvalue weighted by Crippen LogP contribution is -2.03. The average molecular weight is 258 g/mol. The van der Waals surface area contributed by atoms with Gasteiger partial charge in [-0.15, -0.1) is 0 Å². The molecule has 14 heavy (non-hydrogen) atoms. The van der Waals surface area contributed by atoms with Gasteiger partial charge in [0.1, 0.15) is 10.4 Å². The van der Waals surface area contributed by atoms with Crippen LogP contribution in [0.2, 0.25) is 0 Å². The van der Waals surface area contributed by atoms with Gasteiger partial charge in [0.15, 0.2) is 0 Å². The van der Waals surface area contributed by atoms with Crippen molar-refractivity contribution in [3.05, 3.63) is 10.7 Å². The minimum atomic E-state index is 0.359. The van der Waals surface area contributed by atoms with Crippen LogP contribution < -0.4 is 10.5 Å². The van der Waals surface area contributed by atoms with Gasteiger partial charge in [-0.3, -0.25) is 0 Å². The van der Waals surface area contributed by atoms with Crippen molar-refractivity contribution in [1.82, 2.24) is 9.97 Å². The van der Waals surface area contributed by atoms with Crippen LogP contribution in [0.25, 0.3) is 0 Å². The molecule has 1 heterocycles. The van der Waals surface area contributed by atoms with E-state index in [1.165, 1.54) is 12.8 Å². The summed E-state index contributed by atoms with van der Waals surface area (Å²) in [7, 11) is 0. The molecule has 1 aliphatic carbocycles. The summed E-state index contributed by atoms with van der Waals surface area (Å²) in [5.74, 6) is 1.28. The Hall–Kier alpha value is -0.840. The van der Waals surface area contributed by atoms with E-state index in [4.69, 9.17) is 10.5 Å². The quantitative estimate of drug-likeness (QED) is 0.839. The van der Waals surface area contributed by atoms with Gasteiger partial charge in [-0.25, -0.2) is 0 Å². The van der Waals surface area contributed by atoms with Crippen LogP contribution in [0, 0.1) is 5.92 Å². The molecule has 1 aromatic heterocycles. The Morgan fingerprint density at radius 3 is 2.93 bits per heavy atom. The maximum absolute atomic E-state index is 5.54. The van der Waals surface area contributed by atoms with Gasteiger partial charge in [-0.05, 0) is 28.3 Å². The van der Waals surface area contributed by atoms with E-state index in [1.807, 2.05) is 0 Å². The molecule has 1 aliphatic rings. The minimum Gasteiger partial charge on any atom is -0.463 e. The monoisotopic (exact) mass is 257 g/mol. The Kier molecular flexibility index (Phi) is 2.86. The van der Waals surface area contributed by atoms with Crippen molar-refractivity contribution in [2.75, 3.05) is 12.3 Å². The highest BCUT2D eigenvalue weighted by atomic mass is 79.9. The molecule has 4 nitrogen and oxygen atoms in total. The van der Waals surface area contributed by atoms with Crippen molar-refractivity contribution in [3.63, 3.8) is 0 Å². The molecule has 0 bridgehead atoms. The van der Waals surface area contributed by atoms with Crippen LogP contribution in [-0.2, 0) is 0 Å². The summed E-state index contributed by atoms with van der Waals surface area (Å²) in [6.45, 7) is 0.681. The van der Waals surface area contributed by atoms with Crippen molar-refractivity contribution >= 4 is 21.7 Å². The summed E-state index contributed by atoms with van der Waals surface area (Å²) < 4.78 is 6.04. The van der Waals surface area contributed by atoms with Crippen LogP contribution >= 0.6 is 15.9 Å². The maximum atomic E-state index is 5.54. The highest BCUT2D eigenvalue weighted by Gasteiger charge is 2.20. The molecule has 76 valence electrons. The summed E-state index contributed by atoms with van der Waals surface area (Å²) in [5, 5.41) is 0. The summed E-state index contributed by atoms with van der Waals surface area (Å²) in [4.78, 5) is 8.02. The number of ether oxygens (including phenoxy) is 1. The number of anilines is 1. The van der Waals surface area contributed by atoms with E-state index in [9.17, 15) is 0 Å². The number of nitrogens with two attached hydrogens (primary N) is 1. The fraction of sp³-hybridized carbons (Fsp3) is 0.556. The molecule has 0 spiro atoms. The Bertz CT molecular complexity index is 308. The number of nitrogen functional groups attached to an aromatic ring is 1. The highest BCUT2D eigenvalue weighted by Crippen LogP contribution is 2.32. The number of halogens is 1. The maximum Gasteiger partial charge on any atom is 0.319 e. The van der Waals surface area contributed by atoms with Crippen LogP contribution in [0.4, 0.5) is 5.82 Å². The van der Waals surface area contributed by atoms with Gasteiger partial charge in [0.05, 0.1) is 6.61 Å². The van der Waals surface area contributed by atoms with Crippen molar-refractivity contribution in [1.29, 1.82) is 0 Å². The predicted molar refractivity (Wildman–Crippen MR) is 57.0 cm³/mol. The number of hydrogen-bond donors (Lipinski definition) is 1. The second kappa shape index (κ2) is 4.13. The van der Waals surface area contributed by atoms with Gasteiger partial charge in [0.2, 0.25) is 0 Å². The molecule has 0 amide bonds. The van der Waals surface area contributed by atoms with Crippen molar-refractivity contribution in [2.45, 2.75) is 19.3 Å². The molecule has 5 heteroatoms. The second-order valence-electron chi connectivity index (χ2n) is 3.48. The van der Waals surface area contributed by atoms with Crippen LogP contribution in [0.15, 0.2) is 10.7 Å². The number of rotatable bonds is 4. The molecule has 2 rings (SSSR count). The molecule has 1 fully saturated rings. The third kappa shape index (κ3) is 2.83. The smallest absolute Gasteiger partial charge is 0.319 e. The largest absolute Gasteiger partial charge is 0.463 e.